The molecule has 98 valence electrons. The van der Waals surface area contributed by atoms with E-state index in [1.807, 2.05) is 13.0 Å². The van der Waals surface area contributed by atoms with Crippen LogP contribution in [0.4, 0.5) is 4.79 Å². The fourth-order valence-electron chi connectivity index (χ4n) is 2.49. The summed E-state index contributed by atoms with van der Waals surface area (Å²) < 4.78 is 5.31. The number of carbonyl (C=O) groups is 1. The van der Waals surface area contributed by atoms with Crippen LogP contribution in [0.15, 0.2) is 30.3 Å². The first-order valence-electron chi connectivity index (χ1n) is 6.69. The summed E-state index contributed by atoms with van der Waals surface area (Å²) in [4.78, 5) is 11.3. The fraction of sp³-hybridized carbons (Fsp3) is 0.533. The molecule has 0 aromatic heterocycles. The molecule has 0 radical (unpaired) electrons. The van der Waals surface area contributed by atoms with Crippen LogP contribution in [0.3, 0.4) is 0 Å². The highest BCUT2D eigenvalue weighted by Crippen LogP contribution is 2.43. The van der Waals surface area contributed by atoms with Crippen LogP contribution in [0.5, 0.6) is 0 Å². The minimum absolute atomic E-state index is 0.173. The van der Waals surface area contributed by atoms with Gasteiger partial charge in [-0.25, -0.2) is 4.79 Å². The number of amides is 1. The molecular formula is C15H21NO2. The van der Waals surface area contributed by atoms with Crippen LogP contribution in [0.2, 0.25) is 0 Å². The van der Waals surface area contributed by atoms with Gasteiger partial charge >= 0.3 is 6.09 Å². The highest BCUT2D eigenvalue weighted by Gasteiger charge is 2.38. The Bertz CT molecular complexity index is 385. The van der Waals surface area contributed by atoms with Crippen molar-refractivity contribution in [1.29, 1.82) is 0 Å². The lowest BCUT2D eigenvalue weighted by Crippen LogP contribution is -2.39. The lowest BCUT2D eigenvalue weighted by atomic mass is 9.66. The normalized spacial score (nSPS) is 16.7. The molecule has 1 aliphatic carbocycles. The molecule has 0 atom stereocenters. The highest BCUT2D eigenvalue weighted by atomic mass is 16.5. The average molecular weight is 247 g/mol. The number of rotatable bonds is 5. The first-order chi connectivity index (χ1) is 8.74. The van der Waals surface area contributed by atoms with Gasteiger partial charge in [-0.15, -0.1) is 0 Å². The van der Waals surface area contributed by atoms with Crippen LogP contribution < -0.4 is 5.32 Å². The molecule has 0 heterocycles. The van der Waals surface area contributed by atoms with E-state index in [9.17, 15) is 4.79 Å². The van der Waals surface area contributed by atoms with Crippen molar-refractivity contribution in [3.8, 4) is 0 Å². The van der Waals surface area contributed by atoms with Crippen molar-refractivity contribution in [2.75, 3.05) is 13.2 Å². The van der Waals surface area contributed by atoms with Gasteiger partial charge in [0.05, 0.1) is 6.61 Å². The maximum Gasteiger partial charge on any atom is 0.407 e. The number of nitrogens with one attached hydrogen (secondary N) is 1. The molecule has 18 heavy (non-hydrogen) atoms. The summed E-state index contributed by atoms with van der Waals surface area (Å²) in [5.74, 6) is 0. The maximum absolute atomic E-state index is 11.3. The first kappa shape index (κ1) is 12.9. The Balaban J connectivity index is 1.88. The number of benzene rings is 1. The molecule has 1 saturated carbocycles. The molecule has 3 nitrogen and oxygen atoms in total. The van der Waals surface area contributed by atoms with Gasteiger partial charge in [-0.1, -0.05) is 36.8 Å². The van der Waals surface area contributed by atoms with Crippen molar-refractivity contribution in [3.05, 3.63) is 35.9 Å². The molecule has 0 spiro atoms. The second kappa shape index (κ2) is 5.89. The van der Waals surface area contributed by atoms with E-state index >= 15 is 0 Å². The van der Waals surface area contributed by atoms with E-state index in [1.54, 1.807) is 0 Å². The fourth-order valence-corrected chi connectivity index (χ4v) is 2.49. The molecule has 1 N–H and O–H groups in total. The third-order valence-electron chi connectivity index (χ3n) is 3.67. The van der Waals surface area contributed by atoms with E-state index in [2.05, 4.69) is 29.6 Å². The zero-order valence-corrected chi connectivity index (χ0v) is 10.9. The SMILES string of the molecule is CCNC(=O)OCC1(Cc2ccccc2)CCC1. The van der Waals surface area contributed by atoms with Crippen molar-refractivity contribution >= 4 is 6.09 Å². The Labute approximate surface area is 109 Å². The van der Waals surface area contributed by atoms with E-state index in [-0.39, 0.29) is 11.5 Å². The summed E-state index contributed by atoms with van der Waals surface area (Å²) >= 11 is 0. The van der Waals surface area contributed by atoms with Gasteiger partial charge in [0.15, 0.2) is 0 Å². The van der Waals surface area contributed by atoms with Crippen LogP contribution in [-0.2, 0) is 11.2 Å². The molecule has 3 heteroatoms. The predicted molar refractivity (Wildman–Crippen MR) is 71.5 cm³/mol. The largest absolute Gasteiger partial charge is 0.449 e. The van der Waals surface area contributed by atoms with E-state index < -0.39 is 0 Å². The van der Waals surface area contributed by atoms with Crippen molar-refractivity contribution < 1.29 is 9.53 Å². The number of ether oxygens (including phenoxy) is 1. The molecule has 1 amide bonds. The molecule has 0 bridgehead atoms. The van der Waals surface area contributed by atoms with Crippen LogP contribution in [0.1, 0.15) is 31.7 Å². The molecule has 1 aliphatic rings. The monoisotopic (exact) mass is 247 g/mol. The van der Waals surface area contributed by atoms with Crippen LogP contribution in [0, 0.1) is 5.41 Å². The Kier molecular flexibility index (Phi) is 4.24. The zero-order chi connectivity index (χ0) is 12.8. The summed E-state index contributed by atoms with van der Waals surface area (Å²) in [6, 6.07) is 10.4. The Morgan fingerprint density at radius 1 is 1.33 bits per heavy atom. The molecule has 2 rings (SSSR count). The number of carbonyl (C=O) groups excluding carboxylic acids is 1. The first-order valence-corrected chi connectivity index (χ1v) is 6.69. The number of alkyl carbamates (subject to hydrolysis) is 1. The maximum atomic E-state index is 11.3. The van der Waals surface area contributed by atoms with Gasteiger partial charge in [0.25, 0.3) is 0 Å². The van der Waals surface area contributed by atoms with Gasteiger partial charge in [-0.3, -0.25) is 0 Å². The van der Waals surface area contributed by atoms with E-state index in [0.29, 0.717) is 13.2 Å². The van der Waals surface area contributed by atoms with E-state index in [0.717, 1.165) is 19.3 Å². The summed E-state index contributed by atoms with van der Waals surface area (Å²) in [7, 11) is 0. The summed E-state index contributed by atoms with van der Waals surface area (Å²) in [5, 5.41) is 2.67. The van der Waals surface area contributed by atoms with Crippen molar-refractivity contribution in [1.82, 2.24) is 5.32 Å². The van der Waals surface area contributed by atoms with Gasteiger partial charge < -0.3 is 10.1 Å². The Morgan fingerprint density at radius 2 is 2.06 bits per heavy atom. The topological polar surface area (TPSA) is 38.3 Å². The molecule has 1 aromatic carbocycles. The van der Waals surface area contributed by atoms with Gasteiger partial charge in [0.1, 0.15) is 0 Å². The zero-order valence-electron chi connectivity index (χ0n) is 10.9. The molecule has 0 aliphatic heterocycles. The van der Waals surface area contributed by atoms with Gasteiger partial charge in [0.2, 0.25) is 0 Å². The molecule has 0 unspecified atom stereocenters. The predicted octanol–water partition coefficient (Wildman–Crippen LogP) is 3.15. The van der Waals surface area contributed by atoms with Crippen molar-refractivity contribution in [3.63, 3.8) is 0 Å². The van der Waals surface area contributed by atoms with E-state index in [4.69, 9.17) is 4.74 Å². The van der Waals surface area contributed by atoms with Crippen molar-refractivity contribution in [2.45, 2.75) is 32.6 Å². The molecule has 0 saturated heterocycles. The van der Waals surface area contributed by atoms with E-state index in [1.165, 1.54) is 12.0 Å². The summed E-state index contributed by atoms with van der Waals surface area (Å²) in [5.41, 5.74) is 1.50. The second-order valence-corrected chi connectivity index (χ2v) is 5.12. The minimum atomic E-state index is -0.295. The third kappa shape index (κ3) is 3.25. The minimum Gasteiger partial charge on any atom is -0.449 e. The second-order valence-electron chi connectivity index (χ2n) is 5.12. The van der Waals surface area contributed by atoms with Crippen molar-refractivity contribution in [2.24, 2.45) is 5.41 Å². The third-order valence-corrected chi connectivity index (χ3v) is 3.67. The number of hydrogen-bond acceptors (Lipinski definition) is 2. The molecule has 1 aromatic rings. The Hall–Kier alpha value is -1.51. The average Bonchev–Trinajstić information content (AvgIpc) is 2.34. The molecule has 1 fully saturated rings. The van der Waals surface area contributed by atoms with Gasteiger partial charge in [-0.05, 0) is 31.7 Å². The van der Waals surface area contributed by atoms with Crippen LogP contribution in [-0.4, -0.2) is 19.2 Å². The lowest BCUT2D eigenvalue weighted by Gasteiger charge is -2.41. The van der Waals surface area contributed by atoms with Crippen LogP contribution >= 0.6 is 0 Å². The quantitative estimate of drug-likeness (QED) is 0.868. The molecular weight excluding hydrogens is 226 g/mol. The highest BCUT2D eigenvalue weighted by molar-refractivity contribution is 5.67. The standard InChI is InChI=1S/C15H21NO2/c1-2-16-14(17)18-12-15(9-6-10-15)11-13-7-4-3-5-8-13/h3-5,7-8H,2,6,9-12H2,1H3,(H,16,17). The summed E-state index contributed by atoms with van der Waals surface area (Å²) in [6.07, 6.45) is 4.26. The summed E-state index contributed by atoms with van der Waals surface area (Å²) in [6.45, 7) is 3.04. The Morgan fingerprint density at radius 3 is 2.61 bits per heavy atom. The smallest absolute Gasteiger partial charge is 0.407 e. The van der Waals surface area contributed by atoms with Crippen LogP contribution in [0.25, 0.3) is 0 Å². The van der Waals surface area contributed by atoms with Gasteiger partial charge in [-0.2, -0.15) is 0 Å². The number of hydrogen-bond donors (Lipinski definition) is 1. The lowest BCUT2D eigenvalue weighted by molar-refractivity contribution is 0.0275. The van der Waals surface area contributed by atoms with Gasteiger partial charge in [0, 0.05) is 12.0 Å².